The lowest BCUT2D eigenvalue weighted by Crippen LogP contribution is -2.13. The number of amidine groups is 1. The molecule has 0 atom stereocenters. The summed E-state index contributed by atoms with van der Waals surface area (Å²) >= 11 is 0. The van der Waals surface area contributed by atoms with Crippen molar-refractivity contribution >= 4 is 5.84 Å². The fraction of sp³-hybridized carbons (Fsp3) is 0.222. The minimum absolute atomic E-state index is 0.159. The van der Waals surface area contributed by atoms with Crippen LogP contribution in [0.5, 0.6) is 11.5 Å². The molecule has 0 spiro atoms. The number of benzene rings is 1. The van der Waals surface area contributed by atoms with Crippen molar-refractivity contribution in [2.24, 2.45) is 10.7 Å². The van der Waals surface area contributed by atoms with Crippen LogP contribution in [0.25, 0.3) is 0 Å². The van der Waals surface area contributed by atoms with E-state index in [1.54, 1.807) is 6.07 Å². The van der Waals surface area contributed by atoms with Gasteiger partial charge in [-0.15, -0.1) is 0 Å². The van der Waals surface area contributed by atoms with E-state index in [-0.39, 0.29) is 11.5 Å². The maximum atomic E-state index is 9.16. The van der Waals surface area contributed by atoms with Crippen LogP contribution in [0.4, 0.5) is 0 Å². The molecular weight excluding hydrogens is 168 g/mol. The Morgan fingerprint density at radius 2 is 2.08 bits per heavy atom. The highest BCUT2D eigenvalue weighted by molar-refractivity contribution is 5.98. The van der Waals surface area contributed by atoms with Crippen LogP contribution in [0, 0.1) is 0 Å². The lowest BCUT2D eigenvalue weighted by atomic mass is 10.2. The van der Waals surface area contributed by atoms with Crippen LogP contribution in [0.1, 0.15) is 12.5 Å². The summed E-state index contributed by atoms with van der Waals surface area (Å²) in [5.74, 6) is 0.0117. The van der Waals surface area contributed by atoms with Crippen LogP contribution in [0.15, 0.2) is 23.2 Å². The first kappa shape index (κ1) is 9.38. The van der Waals surface area contributed by atoms with Gasteiger partial charge in [-0.2, -0.15) is 0 Å². The Labute approximate surface area is 76.3 Å². The first-order valence-corrected chi connectivity index (χ1v) is 3.97. The first-order valence-electron chi connectivity index (χ1n) is 3.97. The molecule has 0 radical (unpaired) electrons. The van der Waals surface area contributed by atoms with Crippen molar-refractivity contribution in [1.82, 2.24) is 0 Å². The number of hydrogen-bond donors (Lipinski definition) is 3. The molecule has 70 valence electrons. The van der Waals surface area contributed by atoms with Crippen molar-refractivity contribution in [1.29, 1.82) is 0 Å². The maximum Gasteiger partial charge on any atom is 0.158 e. The topological polar surface area (TPSA) is 78.8 Å². The van der Waals surface area contributed by atoms with Crippen LogP contribution in [-0.4, -0.2) is 22.6 Å². The monoisotopic (exact) mass is 180 g/mol. The van der Waals surface area contributed by atoms with Gasteiger partial charge in [-0.25, -0.2) is 0 Å². The number of hydrogen-bond acceptors (Lipinski definition) is 3. The van der Waals surface area contributed by atoms with Gasteiger partial charge in [0.15, 0.2) is 11.5 Å². The van der Waals surface area contributed by atoms with Gasteiger partial charge in [0.05, 0.1) is 0 Å². The van der Waals surface area contributed by atoms with Gasteiger partial charge >= 0.3 is 0 Å². The van der Waals surface area contributed by atoms with Gasteiger partial charge in [0.2, 0.25) is 0 Å². The molecule has 0 aliphatic heterocycles. The van der Waals surface area contributed by atoms with Crippen molar-refractivity contribution in [3.05, 3.63) is 23.8 Å². The Balaban J connectivity index is 3.04. The molecule has 0 heterocycles. The van der Waals surface area contributed by atoms with Crippen LogP contribution >= 0.6 is 0 Å². The van der Waals surface area contributed by atoms with Crippen LogP contribution in [0.3, 0.4) is 0 Å². The lowest BCUT2D eigenvalue weighted by Gasteiger charge is -2.02. The molecule has 0 aliphatic carbocycles. The van der Waals surface area contributed by atoms with E-state index in [1.807, 2.05) is 6.92 Å². The third kappa shape index (κ3) is 2.11. The van der Waals surface area contributed by atoms with E-state index >= 15 is 0 Å². The summed E-state index contributed by atoms with van der Waals surface area (Å²) in [6.07, 6.45) is 0. The predicted molar refractivity (Wildman–Crippen MR) is 51.0 cm³/mol. The molecule has 0 bridgehead atoms. The van der Waals surface area contributed by atoms with E-state index in [4.69, 9.17) is 15.9 Å². The Morgan fingerprint density at radius 1 is 1.38 bits per heavy atom. The average Bonchev–Trinajstić information content (AvgIpc) is 2.10. The molecule has 0 aromatic heterocycles. The summed E-state index contributed by atoms with van der Waals surface area (Å²) in [6.45, 7) is 2.46. The number of phenolic OH excluding ortho intramolecular Hbond substituents is 2. The second-order valence-electron chi connectivity index (χ2n) is 2.56. The molecule has 0 amide bonds. The lowest BCUT2D eigenvalue weighted by molar-refractivity contribution is 0.403. The van der Waals surface area contributed by atoms with Crippen LogP contribution in [0.2, 0.25) is 0 Å². The van der Waals surface area contributed by atoms with E-state index in [0.29, 0.717) is 17.9 Å². The summed E-state index contributed by atoms with van der Waals surface area (Å²) < 4.78 is 0. The molecular formula is C9H12N2O2. The zero-order valence-electron chi connectivity index (χ0n) is 7.36. The maximum absolute atomic E-state index is 9.16. The summed E-state index contributed by atoms with van der Waals surface area (Å²) in [4.78, 5) is 3.97. The number of aromatic hydroxyl groups is 2. The van der Waals surface area contributed by atoms with Crippen molar-refractivity contribution in [2.75, 3.05) is 6.54 Å². The van der Waals surface area contributed by atoms with Gasteiger partial charge in [-0.3, -0.25) is 4.99 Å². The number of nitrogens with zero attached hydrogens (tertiary/aromatic N) is 1. The fourth-order valence-electron chi connectivity index (χ4n) is 0.944. The SMILES string of the molecule is CCN=C(N)c1ccc(O)c(O)c1. The minimum atomic E-state index is -0.188. The molecule has 0 aliphatic rings. The molecule has 0 unspecified atom stereocenters. The van der Waals surface area contributed by atoms with Crippen LogP contribution in [-0.2, 0) is 0 Å². The summed E-state index contributed by atoms with van der Waals surface area (Å²) in [5, 5.41) is 18.2. The van der Waals surface area contributed by atoms with Gasteiger partial charge < -0.3 is 15.9 Å². The van der Waals surface area contributed by atoms with Crippen molar-refractivity contribution < 1.29 is 10.2 Å². The van der Waals surface area contributed by atoms with E-state index in [0.717, 1.165) is 0 Å². The van der Waals surface area contributed by atoms with Gasteiger partial charge in [-0.1, -0.05) is 0 Å². The predicted octanol–water partition coefficient (Wildman–Crippen LogP) is 0.823. The Bertz CT molecular complexity index is 334. The smallest absolute Gasteiger partial charge is 0.158 e. The number of phenols is 2. The molecule has 13 heavy (non-hydrogen) atoms. The molecule has 4 heteroatoms. The Hall–Kier alpha value is -1.71. The van der Waals surface area contributed by atoms with E-state index in [2.05, 4.69) is 4.99 Å². The largest absolute Gasteiger partial charge is 0.504 e. The Morgan fingerprint density at radius 3 is 2.62 bits per heavy atom. The van der Waals surface area contributed by atoms with Crippen molar-refractivity contribution in [2.45, 2.75) is 6.92 Å². The van der Waals surface area contributed by atoms with Crippen LogP contribution < -0.4 is 5.73 Å². The molecule has 1 aromatic rings. The zero-order valence-corrected chi connectivity index (χ0v) is 7.36. The molecule has 4 nitrogen and oxygen atoms in total. The summed E-state index contributed by atoms with van der Waals surface area (Å²) in [5.41, 5.74) is 6.19. The Kier molecular flexibility index (Phi) is 2.74. The number of rotatable bonds is 2. The molecule has 0 fully saturated rings. The van der Waals surface area contributed by atoms with Gasteiger partial charge in [0.1, 0.15) is 5.84 Å². The normalized spacial score (nSPS) is 11.6. The number of aliphatic imine (C=N–C) groups is 1. The zero-order chi connectivity index (χ0) is 9.84. The molecule has 4 N–H and O–H groups in total. The molecule has 0 saturated carbocycles. The van der Waals surface area contributed by atoms with Crippen molar-refractivity contribution in [3.63, 3.8) is 0 Å². The molecule has 1 rings (SSSR count). The fourth-order valence-corrected chi connectivity index (χ4v) is 0.944. The highest BCUT2D eigenvalue weighted by Gasteiger charge is 2.02. The molecule has 0 saturated heterocycles. The standard InChI is InChI=1S/C9H12N2O2/c1-2-11-9(10)6-3-4-7(12)8(13)5-6/h3-5,12-13H,2H2,1H3,(H2,10,11). The summed E-state index contributed by atoms with van der Waals surface area (Å²) in [7, 11) is 0. The highest BCUT2D eigenvalue weighted by atomic mass is 16.3. The third-order valence-electron chi connectivity index (χ3n) is 1.60. The summed E-state index contributed by atoms with van der Waals surface area (Å²) in [6, 6.07) is 4.36. The third-order valence-corrected chi connectivity index (χ3v) is 1.60. The minimum Gasteiger partial charge on any atom is -0.504 e. The van der Waals surface area contributed by atoms with Gasteiger partial charge in [0, 0.05) is 12.1 Å². The average molecular weight is 180 g/mol. The second-order valence-corrected chi connectivity index (χ2v) is 2.56. The second kappa shape index (κ2) is 3.80. The van der Waals surface area contributed by atoms with E-state index in [9.17, 15) is 0 Å². The first-order chi connectivity index (χ1) is 6.15. The molecule has 1 aromatic carbocycles. The van der Waals surface area contributed by atoms with E-state index in [1.165, 1.54) is 12.1 Å². The quantitative estimate of drug-likeness (QED) is 0.358. The number of nitrogens with two attached hydrogens (primary N) is 1. The highest BCUT2D eigenvalue weighted by Crippen LogP contribution is 2.24. The van der Waals surface area contributed by atoms with E-state index < -0.39 is 0 Å². The van der Waals surface area contributed by atoms with Gasteiger partial charge in [0.25, 0.3) is 0 Å². The van der Waals surface area contributed by atoms with Crippen molar-refractivity contribution in [3.8, 4) is 11.5 Å². The van der Waals surface area contributed by atoms with Gasteiger partial charge in [-0.05, 0) is 25.1 Å².